The Morgan fingerprint density at radius 1 is 1.28 bits per heavy atom. The van der Waals surface area contributed by atoms with Crippen molar-refractivity contribution in [2.45, 2.75) is 13.5 Å². The Bertz CT molecular complexity index is 940. The first-order valence-corrected chi connectivity index (χ1v) is 7.78. The Kier molecular flexibility index (Phi) is 4.90. The van der Waals surface area contributed by atoms with Gasteiger partial charge in [0.25, 0.3) is 17.5 Å². The van der Waals surface area contributed by atoms with Crippen molar-refractivity contribution in [3.63, 3.8) is 0 Å². The van der Waals surface area contributed by atoms with Crippen molar-refractivity contribution in [1.29, 1.82) is 0 Å². The van der Waals surface area contributed by atoms with Gasteiger partial charge in [-0.3, -0.25) is 4.79 Å². The van der Waals surface area contributed by atoms with Crippen molar-refractivity contribution in [1.82, 2.24) is 24.9 Å². The van der Waals surface area contributed by atoms with Crippen molar-refractivity contribution in [2.24, 2.45) is 0 Å². The summed E-state index contributed by atoms with van der Waals surface area (Å²) in [5.41, 5.74) is 1.54. The van der Waals surface area contributed by atoms with Crippen LogP contribution in [0.4, 0.5) is 0 Å². The second kappa shape index (κ2) is 7.27. The van der Waals surface area contributed by atoms with Gasteiger partial charge in [-0.1, -0.05) is 29.8 Å². The maximum Gasteiger partial charge on any atom is 0.378 e. The van der Waals surface area contributed by atoms with Crippen LogP contribution in [0.15, 0.2) is 36.5 Å². The van der Waals surface area contributed by atoms with E-state index < -0.39 is 18.5 Å². The molecule has 128 valence electrons. The molecule has 0 aliphatic heterocycles. The van der Waals surface area contributed by atoms with Gasteiger partial charge in [0, 0.05) is 23.5 Å². The number of hydrogen-bond acceptors (Lipinski definition) is 6. The topological polar surface area (TPSA) is 98.5 Å². The van der Waals surface area contributed by atoms with E-state index >= 15 is 0 Å². The number of halogens is 1. The summed E-state index contributed by atoms with van der Waals surface area (Å²) in [5.74, 6) is -1.11. The van der Waals surface area contributed by atoms with E-state index in [9.17, 15) is 9.59 Å². The molecule has 0 bridgehead atoms. The number of benzene rings is 1. The number of aryl methyl sites for hydroxylation is 1. The predicted molar refractivity (Wildman–Crippen MR) is 89.1 cm³/mol. The third-order valence-electron chi connectivity index (χ3n) is 3.38. The van der Waals surface area contributed by atoms with Crippen LogP contribution in [0.25, 0.3) is 5.78 Å². The third-order valence-corrected chi connectivity index (χ3v) is 3.75. The lowest BCUT2D eigenvalue weighted by Crippen LogP contribution is -2.28. The monoisotopic (exact) mass is 359 g/mol. The fourth-order valence-electron chi connectivity index (χ4n) is 2.08. The molecule has 0 aliphatic carbocycles. The third kappa shape index (κ3) is 3.92. The van der Waals surface area contributed by atoms with Crippen molar-refractivity contribution in [3.8, 4) is 0 Å². The number of amides is 1. The van der Waals surface area contributed by atoms with Crippen LogP contribution in [0.3, 0.4) is 0 Å². The zero-order chi connectivity index (χ0) is 17.8. The minimum Gasteiger partial charge on any atom is -0.450 e. The molecule has 0 saturated carbocycles. The van der Waals surface area contributed by atoms with E-state index in [4.69, 9.17) is 16.3 Å². The predicted octanol–water partition coefficient (Wildman–Crippen LogP) is 1.56. The molecule has 3 aromatic rings. The molecule has 2 aromatic heterocycles. The average molecular weight is 360 g/mol. The fourth-order valence-corrected chi connectivity index (χ4v) is 2.28. The molecule has 1 amide bonds. The van der Waals surface area contributed by atoms with Crippen LogP contribution in [0.1, 0.15) is 21.9 Å². The van der Waals surface area contributed by atoms with Crippen molar-refractivity contribution in [2.75, 3.05) is 6.61 Å². The standard InChI is InChI=1S/C16H14ClN5O3/c1-10-6-7-18-16-20-14(21-22(10)16)15(24)25-9-13(23)19-8-11-4-2-3-5-12(11)17/h2-7H,8-9H2,1H3,(H,19,23). The number of carbonyl (C=O) groups excluding carboxylic acids is 2. The highest BCUT2D eigenvalue weighted by atomic mass is 35.5. The van der Waals surface area contributed by atoms with Crippen molar-refractivity contribution in [3.05, 3.63) is 58.6 Å². The number of nitrogens with one attached hydrogen (secondary N) is 1. The summed E-state index contributed by atoms with van der Waals surface area (Å²) in [6.45, 7) is 1.61. The Labute approximate surface area is 147 Å². The summed E-state index contributed by atoms with van der Waals surface area (Å²) in [5, 5.41) is 7.19. The van der Waals surface area contributed by atoms with Crippen LogP contribution < -0.4 is 5.32 Å². The van der Waals surface area contributed by atoms with Crippen LogP contribution >= 0.6 is 11.6 Å². The largest absolute Gasteiger partial charge is 0.450 e. The number of hydrogen-bond donors (Lipinski definition) is 1. The summed E-state index contributed by atoms with van der Waals surface area (Å²) in [6, 6.07) is 8.88. The Morgan fingerprint density at radius 2 is 2.08 bits per heavy atom. The number of nitrogens with zero attached hydrogens (tertiary/aromatic N) is 4. The first kappa shape index (κ1) is 16.8. The molecule has 8 nitrogen and oxygen atoms in total. The van der Waals surface area contributed by atoms with Gasteiger partial charge in [-0.25, -0.2) is 14.3 Å². The maximum absolute atomic E-state index is 12.0. The van der Waals surface area contributed by atoms with E-state index in [1.807, 2.05) is 6.07 Å². The van der Waals surface area contributed by atoms with E-state index in [1.54, 1.807) is 37.4 Å². The van der Waals surface area contributed by atoms with Gasteiger partial charge in [-0.05, 0) is 24.6 Å². The fraction of sp³-hybridized carbons (Fsp3) is 0.188. The smallest absolute Gasteiger partial charge is 0.378 e. The first-order valence-electron chi connectivity index (χ1n) is 7.40. The molecule has 0 atom stereocenters. The molecule has 0 spiro atoms. The normalized spacial score (nSPS) is 10.6. The van der Waals surface area contributed by atoms with Crippen LogP contribution in [-0.2, 0) is 16.1 Å². The van der Waals surface area contributed by atoms with E-state index in [-0.39, 0.29) is 18.1 Å². The molecule has 0 unspecified atom stereocenters. The van der Waals surface area contributed by atoms with E-state index in [2.05, 4.69) is 20.4 Å². The summed E-state index contributed by atoms with van der Waals surface area (Å²) in [7, 11) is 0. The molecule has 9 heteroatoms. The van der Waals surface area contributed by atoms with Crippen molar-refractivity contribution >= 4 is 29.3 Å². The van der Waals surface area contributed by atoms with E-state index in [0.29, 0.717) is 5.02 Å². The number of aromatic nitrogens is 4. The summed E-state index contributed by atoms with van der Waals surface area (Å²) >= 11 is 6.01. The van der Waals surface area contributed by atoms with Gasteiger partial charge in [-0.15, -0.1) is 5.10 Å². The van der Waals surface area contributed by atoms with Gasteiger partial charge in [-0.2, -0.15) is 4.98 Å². The van der Waals surface area contributed by atoms with E-state index in [1.165, 1.54) is 4.52 Å². The molecule has 2 heterocycles. The number of esters is 1. The minimum atomic E-state index is -0.794. The first-order chi connectivity index (χ1) is 12.0. The second-order valence-corrected chi connectivity index (χ2v) is 5.58. The quantitative estimate of drug-likeness (QED) is 0.694. The van der Waals surface area contributed by atoms with Gasteiger partial charge >= 0.3 is 5.97 Å². The summed E-state index contributed by atoms with van der Waals surface area (Å²) < 4.78 is 6.35. The second-order valence-electron chi connectivity index (χ2n) is 5.18. The lowest BCUT2D eigenvalue weighted by molar-refractivity contribution is -0.124. The summed E-state index contributed by atoms with van der Waals surface area (Å²) in [6.07, 6.45) is 1.57. The molecule has 1 N–H and O–H groups in total. The molecular formula is C16H14ClN5O3. The van der Waals surface area contributed by atoms with Gasteiger partial charge in [0.2, 0.25) is 0 Å². The Hall–Kier alpha value is -3.00. The average Bonchev–Trinajstić information content (AvgIpc) is 3.05. The summed E-state index contributed by atoms with van der Waals surface area (Å²) in [4.78, 5) is 31.7. The van der Waals surface area contributed by atoms with Crippen LogP contribution in [0, 0.1) is 6.92 Å². The highest BCUT2D eigenvalue weighted by Gasteiger charge is 2.17. The lowest BCUT2D eigenvalue weighted by atomic mass is 10.2. The molecule has 3 rings (SSSR count). The number of rotatable bonds is 5. The van der Waals surface area contributed by atoms with Crippen LogP contribution in [0.2, 0.25) is 5.02 Å². The van der Waals surface area contributed by atoms with E-state index in [0.717, 1.165) is 11.3 Å². The highest BCUT2D eigenvalue weighted by molar-refractivity contribution is 6.31. The molecule has 0 fully saturated rings. The molecular weight excluding hydrogens is 346 g/mol. The number of carbonyl (C=O) groups is 2. The van der Waals surface area contributed by atoms with Gasteiger partial charge in [0.05, 0.1) is 0 Å². The highest BCUT2D eigenvalue weighted by Crippen LogP contribution is 2.14. The molecule has 1 aromatic carbocycles. The van der Waals surface area contributed by atoms with Gasteiger partial charge in [0.15, 0.2) is 6.61 Å². The zero-order valence-electron chi connectivity index (χ0n) is 13.3. The van der Waals surface area contributed by atoms with Crippen molar-refractivity contribution < 1.29 is 14.3 Å². The maximum atomic E-state index is 12.0. The lowest BCUT2D eigenvalue weighted by Gasteiger charge is -2.06. The molecule has 0 radical (unpaired) electrons. The molecule has 0 saturated heterocycles. The molecule has 0 aliphatic rings. The minimum absolute atomic E-state index is 0.152. The number of fused-ring (bicyclic) bond motifs is 1. The van der Waals surface area contributed by atoms with Gasteiger partial charge < -0.3 is 10.1 Å². The van der Waals surface area contributed by atoms with Crippen LogP contribution in [0.5, 0.6) is 0 Å². The van der Waals surface area contributed by atoms with Crippen LogP contribution in [-0.4, -0.2) is 38.1 Å². The Balaban J connectivity index is 1.55. The SMILES string of the molecule is Cc1ccnc2nc(C(=O)OCC(=O)NCc3ccccc3Cl)nn12. The number of ether oxygens (including phenoxy) is 1. The van der Waals surface area contributed by atoms with Gasteiger partial charge in [0.1, 0.15) is 0 Å². The zero-order valence-corrected chi connectivity index (χ0v) is 14.0. The Morgan fingerprint density at radius 3 is 2.84 bits per heavy atom. The molecule has 25 heavy (non-hydrogen) atoms.